The van der Waals surface area contributed by atoms with Gasteiger partial charge in [0.1, 0.15) is 5.60 Å². The van der Waals surface area contributed by atoms with E-state index in [4.69, 9.17) is 4.74 Å². The van der Waals surface area contributed by atoms with E-state index in [9.17, 15) is 9.59 Å². The van der Waals surface area contributed by atoms with Crippen LogP contribution in [0.4, 0.5) is 4.79 Å². The third-order valence-electron chi connectivity index (χ3n) is 3.32. The topological polar surface area (TPSA) is 46.6 Å². The molecule has 1 fully saturated rings. The van der Waals surface area contributed by atoms with Gasteiger partial charge in [0.25, 0.3) is 0 Å². The van der Waals surface area contributed by atoms with Gasteiger partial charge in [0.05, 0.1) is 12.0 Å². The fourth-order valence-electron chi connectivity index (χ4n) is 2.47. The predicted octanol–water partition coefficient (Wildman–Crippen LogP) is 2.88. The molecular weight excluding hydrogens is 230 g/mol. The highest BCUT2D eigenvalue weighted by Gasteiger charge is 2.50. The minimum absolute atomic E-state index is 0.0194. The van der Waals surface area contributed by atoms with E-state index in [0.717, 1.165) is 25.7 Å². The van der Waals surface area contributed by atoms with E-state index in [1.165, 1.54) is 4.90 Å². The SMILES string of the molecule is CC(C)(C)OC(=O)N1C(=O)C2CCCCC=CC21. The molecule has 2 atom stereocenters. The normalized spacial score (nSPS) is 27.9. The van der Waals surface area contributed by atoms with Crippen LogP contribution in [0.2, 0.25) is 0 Å². The number of carbonyl (C=O) groups excluding carboxylic acids is 2. The molecule has 0 radical (unpaired) electrons. The van der Waals surface area contributed by atoms with Gasteiger partial charge in [-0.25, -0.2) is 9.69 Å². The molecule has 0 N–H and O–H groups in total. The maximum atomic E-state index is 12.0. The molecule has 18 heavy (non-hydrogen) atoms. The van der Waals surface area contributed by atoms with Crippen LogP contribution in [-0.4, -0.2) is 28.5 Å². The molecule has 2 aliphatic rings. The summed E-state index contributed by atoms with van der Waals surface area (Å²) in [4.78, 5) is 25.2. The zero-order chi connectivity index (χ0) is 13.3. The summed E-state index contributed by atoms with van der Waals surface area (Å²) in [5.74, 6) is -0.102. The Morgan fingerprint density at radius 2 is 2.11 bits per heavy atom. The molecule has 0 aromatic heterocycles. The van der Waals surface area contributed by atoms with Crippen LogP contribution in [0.15, 0.2) is 12.2 Å². The number of amides is 2. The van der Waals surface area contributed by atoms with Crippen LogP contribution in [0.5, 0.6) is 0 Å². The van der Waals surface area contributed by atoms with Crippen molar-refractivity contribution in [2.24, 2.45) is 5.92 Å². The lowest BCUT2D eigenvalue weighted by Crippen LogP contribution is -2.63. The Kier molecular flexibility index (Phi) is 3.46. The van der Waals surface area contributed by atoms with E-state index in [-0.39, 0.29) is 17.9 Å². The van der Waals surface area contributed by atoms with Crippen molar-refractivity contribution in [1.29, 1.82) is 0 Å². The first-order valence-electron chi connectivity index (χ1n) is 6.63. The molecule has 0 aromatic rings. The van der Waals surface area contributed by atoms with Crippen molar-refractivity contribution in [3.8, 4) is 0 Å². The summed E-state index contributed by atoms with van der Waals surface area (Å²) in [6.45, 7) is 5.42. The van der Waals surface area contributed by atoms with Crippen LogP contribution in [0.25, 0.3) is 0 Å². The molecule has 1 saturated heterocycles. The number of ether oxygens (including phenoxy) is 1. The van der Waals surface area contributed by atoms with Gasteiger partial charge in [-0.15, -0.1) is 0 Å². The van der Waals surface area contributed by atoms with Gasteiger partial charge in [-0.2, -0.15) is 0 Å². The number of hydrogen-bond acceptors (Lipinski definition) is 3. The molecule has 2 amide bonds. The minimum Gasteiger partial charge on any atom is -0.443 e. The van der Waals surface area contributed by atoms with Crippen LogP contribution in [-0.2, 0) is 9.53 Å². The summed E-state index contributed by atoms with van der Waals surface area (Å²) in [7, 11) is 0. The van der Waals surface area contributed by atoms with E-state index < -0.39 is 11.7 Å². The standard InChI is InChI=1S/C14H21NO3/c1-14(2,3)18-13(17)15-11-9-7-5-4-6-8-10(11)12(15)16/h7,9-11H,4-6,8H2,1-3H3. The number of carbonyl (C=O) groups is 2. The van der Waals surface area contributed by atoms with Crippen molar-refractivity contribution in [3.63, 3.8) is 0 Å². The van der Waals surface area contributed by atoms with Gasteiger partial charge in [0.15, 0.2) is 0 Å². The first kappa shape index (κ1) is 13.1. The molecule has 2 unspecified atom stereocenters. The lowest BCUT2D eigenvalue weighted by atomic mass is 9.81. The lowest BCUT2D eigenvalue weighted by Gasteiger charge is -2.44. The number of nitrogens with zero attached hydrogens (tertiary/aromatic N) is 1. The molecular formula is C14H21NO3. The highest BCUT2D eigenvalue weighted by atomic mass is 16.6. The first-order chi connectivity index (χ1) is 8.40. The number of imide groups is 1. The second-order valence-corrected chi connectivity index (χ2v) is 6.00. The molecule has 0 spiro atoms. The third kappa shape index (κ3) is 2.57. The molecule has 1 aliphatic carbocycles. The number of allylic oxidation sites excluding steroid dienone is 1. The van der Waals surface area contributed by atoms with E-state index in [1.54, 1.807) is 20.8 Å². The van der Waals surface area contributed by atoms with Crippen molar-refractivity contribution < 1.29 is 14.3 Å². The van der Waals surface area contributed by atoms with Crippen LogP contribution in [0.3, 0.4) is 0 Å². The van der Waals surface area contributed by atoms with Gasteiger partial charge < -0.3 is 4.74 Å². The van der Waals surface area contributed by atoms with Gasteiger partial charge in [-0.3, -0.25) is 4.79 Å². The largest absolute Gasteiger partial charge is 0.443 e. The fourth-order valence-corrected chi connectivity index (χ4v) is 2.47. The average Bonchev–Trinajstić information content (AvgIpc) is 2.19. The number of hydrogen-bond donors (Lipinski definition) is 0. The summed E-state index contributed by atoms with van der Waals surface area (Å²) in [5, 5.41) is 0. The molecule has 1 aliphatic heterocycles. The number of likely N-dealkylation sites (tertiary alicyclic amines) is 1. The Morgan fingerprint density at radius 3 is 2.78 bits per heavy atom. The Balaban J connectivity index is 2.07. The smallest absolute Gasteiger partial charge is 0.417 e. The van der Waals surface area contributed by atoms with Crippen molar-refractivity contribution >= 4 is 12.0 Å². The van der Waals surface area contributed by atoms with Crippen LogP contribution >= 0.6 is 0 Å². The minimum atomic E-state index is -0.562. The number of rotatable bonds is 0. The highest BCUT2D eigenvalue weighted by Crippen LogP contribution is 2.34. The third-order valence-corrected chi connectivity index (χ3v) is 3.32. The number of fused-ring (bicyclic) bond motifs is 1. The summed E-state index contributed by atoms with van der Waals surface area (Å²) in [6.07, 6.45) is 7.63. The quantitative estimate of drug-likeness (QED) is 0.491. The second-order valence-electron chi connectivity index (χ2n) is 6.00. The highest BCUT2D eigenvalue weighted by molar-refractivity contribution is 6.00. The molecule has 2 rings (SSSR count). The predicted molar refractivity (Wildman–Crippen MR) is 68.0 cm³/mol. The average molecular weight is 251 g/mol. The van der Waals surface area contributed by atoms with E-state index in [0.29, 0.717) is 0 Å². The lowest BCUT2D eigenvalue weighted by molar-refractivity contribution is -0.151. The van der Waals surface area contributed by atoms with Gasteiger partial charge in [0.2, 0.25) is 5.91 Å². The van der Waals surface area contributed by atoms with Gasteiger partial charge in [-0.05, 0) is 40.0 Å². The fraction of sp³-hybridized carbons (Fsp3) is 0.714. The number of β-lactam (4-membered cyclic amide) rings is 1. The summed E-state index contributed by atoms with van der Waals surface area (Å²) in [6, 6.07) is -0.0901. The van der Waals surface area contributed by atoms with Crippen molar-refractivity contribution in [2.45, 2.75) is 58.1 Å². The molecule has 0 aromatic carbocycles. The van der Waals surface area contributed by atoms with E-state index in [2.05, 4.69) is 6.08 Å². The maximum Gasteiger partial charge on any atom is 0.417 e. The van der Waals surface area contributed by atoms with Gasteiger partial charge >= 0.3 is 6.09 Å². The zero-order valence-electron chi connectivity index (χ0n) is 11.3. The Bertz CT molecular complexity index is 381. The molecule has 0 saturated carbocycles. The Morgan fingerprint density at radius 1 is 1.39 bits per heavy atom. The van der Waals surface area contributed by atoms with E-state index >= 15 is 0 Å². The second kappa shape index (κ2) is 4.75. The van der Waals surface area contributed by atoms with Crippen molar-refractivity contribution in [3.05, 3.63) is 12.2 Å². The first-order valence-corrected chi connectivity index (χ1v) is 6.63. The van der Waals surface area contributed by atoms with Crippen LogP contribution in [0.1, 0.15) is 46.5 Å². The van der Waals surface area contributed by atoms with Gasteiger partial charge in [0, 0.05) is 0 Å². The monoisotopic (exact) mass is 251 g/mol. The summed E-state index contributed by atoms with van der Waals surface area (Å²) in [5.41, 5.74) is -0.562. The van der Waals surface area contributed by atoms with Crippen LogP contribution < -0.4 is 0 Å². The molecule has 4 nitrogen and oxygen atoms in total. The summed E-state index contributed by atoms with van der Waals surface area (Å²) < 4.78 is 5.27. The Hall–Kier alpha value is -1.32. The van der Waals surface area contributed by atoms with Gasteiger partial charge in [-0.1, -0.05) is 18.6 Å². The maximum absolute atomic E-state index is 12.0. The van der Waals surface area contributed by atoms with Crippen molar-refractivity contribution in [1.82, 2.24) is 4.90 Å². The zero-order valence-corrected chi connectivity index (χ0v) is 11.3. The molecule has 0 bridgehead atoms. The van der Waals surface area contributed by atoms with Crippen LogP contribution in [0, 0.1) is 5.92 Å². The molecule has 4 heteroatoms. The molecule has 1 heterocycles. The van der Waals surface area contributed by atoms with Crippen molar-refractivity contribution in [2.75, 3.05) is 0 Å². The Labute approximate surface area is 108 Å². The summed E-state index contributed by atoms with van der Waals surface area (Å²) >= 11 is 0. The van der Waals surface area contributed by atoms with E-state index in [1.807, 2.05) is 6.08 Å². The molecule has 100 valence electrons.